The normalized spacial score (nSPS) is 13.0. The average Bonchev–Trinajstić information content (AvgIpc) is 2.33. The van der Waals surface area contributed by atoms with E-state index in [9.17, 15) is 0 Å². The lowest BCUT2D eigenvalue weighted by Gasteiger charge is -2.24. The lowest BCUT2D eigenvalue weighted by molar-refractivity contribution is 0.375. The Morgan fingerprint density at radius 1 is 0.944 bits per heavy atom. The van der Waals surface area contributed by atoms with Crippen molar-refractivity contribution >= 4 is 0 Å². The molecule has 0 saturated heterocycles. The Balaban J connectivity index is 2.88. The Morgan fingerprint density at radius 2 is 1.50 bits per heavy atom. The predicted molar refractivity (Wildman–Crippen MR) is 81.0 cm³/mol. The van der Waals surface area contributed by atoms with E-state index in [2.05, 4.69) is 58.1 Å². The fourth-order valence-electron chi connectivity index (χ4n) is 2.75. The topological polar surface area (TPSA) is 12.0 Å². The van der Waals surface area contributed by atoms with Crippen molar-refractivity contribution in [3.8, 4) is 0 Å². The van der Waals surface area contributed by atoms with Crippen LogP contribution in [-0.2, 0) is 0 Å². The lowest BCUT2D eigenvalue weighted by Crippen LogP contribution is -2.23. The molecule has 0 aliphatic heterocycles. The largest absolute Gasteiger partial charge is 0.310 e. The van der Waals surface area contributed by atoms with Crippen molar-refractivity contribution in [1.29, 1.82) is 0 Å². The molecule has 1 atom stereocenters. The quantitative estimate of drug-likeness (QED) is 0.731. The van der Waals surface area contributed by atoms with Gasteiger partial charge in [-0.05, 0) is 38.3 Å². The zero-order chi connectivity index (χ0) is 13.5. The van der Waals surface area contributed by atoms with Gasteiger partial charge in [0.25, 0.3) is 0 Å². The number of aryl methyl sites for hydroxylation is 2. The highest BCUT2D eigenvalue weighted by molar-refractivity contribution is 5.30. The summed E-state index contributed by atoms with van der Waals surface area (Å²) in [5, 5.41) is 3.65. The Bertz CT molecular complexity index is 332. The van der Waals surface area contributed by atoms with Crippen LogP contribution < -0.4 is 5.32 Å². The molecule has 1 aromatic rings. The molecule has 1 unspecified atom stereocenters. The zero-order valence-electron chi connectivity index (χ0n) is 12.7. The summed E-state index contributed by atoms with van der Waals surface area (Å²) in [6.45, 7) is 12.2. The molecule has 1 heteroatoms. The van der Waals surface area contributed by atoms with Gasteiger partial charge in [0.1, 0.15) is 0 Å². The van der Waals surface area contributed by atoms with Gasteiger partial charge in [-0.1, -0.05) is 62.9 Å². The third kappa shape index (κ3) is 4.45. The van der Waals surface area contributed by atoms with Gasteiger partial charge in [-0.2, -0.15) is 0 Å². The van der Waals surface area contributed by atoms with Crippen LogP contribution in [0.25, 0.3) is 0 Å². The molecule has 0 amide bonds. The van der Waals surface area contributed by atoms with Crippen molar-refractivity contribution in [3.05, 3.63) is 34.9 Å². The van der Waals surface area contributed by atoms with Crippen molar-refractivity contribution in [1.82, 2.24) is 5.32 Å². The van der Waals surface area contributed by atoms with Gasteiger partial charge in [-0.25, -0.2) is 0 Å². The van der Waals surface area contributed by atoms with E-state index in [1.54, 1.807) is 0 Å². The molecule has 0 spiro atoms. The second-order valence-corrected chi connectivity index (χ2v) is 5.45. The van der Waals surface area contributed by atoms with Crippen LogP contribution in [-0.4, -0.2) is 6.54 Å². The van der Waals surface area contributed by atoms with E-state index in [0.717, 1.165) is 12.5 Å². The second-order valence-electron chi connectivity index (χ2n) is 5.45. The Labute approximate surface area is 113 Å². The van der Waals surface area contributed by atoms with Crippen LogP contribution in [0.5, 0.6) is 0 Å². The van der Waals surface area contributed by atoms with Crippen molar-refractivity contribution in [2.24, 2.45) is 5.92 Å². The van der Waals surface area contributed by atoms with Gasteiger partial charge in [0.05, 0.1) is 0 Å². The summed E-state index contributed by atoms with van der Waals surface area (Å²) in [6, 6.07) is 7.44. The molecule has 0 bridgehead atoms. The van der Waals surface area contributed by atoms with Crippen molar-refractivity contribution in [3.63, 3.8) is 0 Å². The van der Waals surface area contributed by atoms with Gasteiger partial charge < -0.3 is 5.32 Å². The maximum atomic E-state index is 3.65. The first-order valence-electron chi connectivity index (χ1n) is 7.42. The Morgan fingerprint density at radius 3 is 1.94 bits per heavy atom. The molecule has 0 saturated carbocycles. The highest BCUT2D eigenvalue weighted by atomic mass is 14.9. The van der Waals surface area contributed by atoms with E-state index in [1.807, 2.05) is 0 Å². The summed E-state index contributed by atoms with van der Waals surface area (Å²) in [5.41, 5.74) is 4.20. The molecule has 1 nitrogen and oxygen atoms in total. The minimum Gasteiger partial charge on any atom is -0.310 e. The molecule has 102 valence electrons. The molecule has 0 heterocycles. The predicted octanol–water partition coefficient (Wildman–Crippen LogP) is 4.78. The summed E-state index contributed by atoms with van der Waals surface area (Å²) in [4.78, 5) is 0. The molecule has 1 rings (SSSR count). The van der Waals surface area contributed by atoms with Crippen LogP contribution in [0.15, 0.2) is 18.2 Å². The molecule has 1 aromatic carbocycles. The molecule has 1 N–H and O–H groups in total. The highest BCUT2D eigenvalue weighted by Gasteiger charge is 2.15. The smallest absolute Gasteiger partial charge is 0.0322 e. The molecule has 0 aromatic heterocycles. The summed E-state index contributed by atoms with van der Waals surface area (Å²) in [5.74, 6) is 0.829. The standard InChI is InChI=1S/C17H29N/c1-6-15(7-2)12-17(18-8-3)16-10-13(4)9-14(5)11-16/h9-11,15,17-18H,6-8,12H2,1-5H3. The van der Waals surface area contributed by atoms with Crippen molar-refractivity contribution in [2.45, 2.75) is 59.9 Å². The SMILES string of the molecule is CCNC(CC(CC)CC)c1cc(C)cc(C)c1. The van der Waals surface area contributed by atoms with Gasteiger partial charge in [0, 0.05) is 6.04 Å². The van der Waals surface area contributed by atoms with Gasteiger partial charge >= 0.3 is 0 Å². The van der Waals surface area contributed by atoms with Crippen molar-refractivity contribution < 1.29 is 0 Å². The maximum Gasteiger partial charge on any atom is 0.0322 e. The Hall–Kier alpha value is -0.820. The third-order valence-electron chi connectivity index (χ3n) is 3.82. The monoisotopic (exact) mass is 247 g/mol. The maximum absolute atomic E-state index is 3.65. The van der Waals surface area contributed by atoms with E-state index in [1.165, 1.54) is 36.0 Å². The third-order valence-corrected chi connectivity index (χ3v) is 3.82. The number of benzene rings is 1. The van der Waals surface area contributed by atoms with Crippen LogP contribution in [0.2, 0.25) is 0 Å². The summed E-state index contributed by atoms with van der Waals surface area (Å²) in [7, 11) is 0. The molecular weight excluding hydrogens is 218 g/mol. The van der Waals surface area contributed by atoms with Crippen LogP contribution >= 0.6 is 0 Å². The minimum absolute atomic E-state index is 0.512. The van der Waals surface area contributed by atoms with Crippen LogP contribution in [0.3, 0.4) is 0 Å². The second kappa shape index (κ2) is 7.58. The number of rotatable bonds is 7. The van der Waals surface area contributed by atoms with Crippen molar-refractivity contribution in [2.75, 3.05) is 6.54 Å². The molecule has 0 aliphatic rings. The van der Waals surface area contributed by atoms with E-state index >= 15 is 0 Å². The highest BCUT2D eigenvalue weighted by Crippen LogP contribution is 2.26. The number of hydrogen-bond acceptors (Lipinski definition) is 1. The molecular formula is C17H29N. The Kier molecular flexibility index (Phi) is 6.42. The fraction of sp³-hybridized carbons (Fsp3) is 0.647. The van der Waals surface area contributed by atoms with Crippen LogP contribution in [0.1, 0.15) is 62.8 Å². The molecule has 0 aliphatic carbocycles. The average molecular weight is 247 g/mol. The number of nitrogens with one attached hydrogen (secondary N) is 1. The minimum atomic E-state index is 0.512. The van der Waals surface area contributed by atoms with E-state index in [4.69, 9.17) is 0 Å². The summed E-state index contributed by atoms with van der Waals surface area (Å²) < 4.78 is 0. The molecule has 0 fully saturated rings. The van der Waals surface area contributed by atoms with E-state index < -0.39 is 0 Å². The fourth-order valence-corrected chi connectivity index (χ4v) is 2.75. The zero-order valence-corrected chi connectivity index (χ0v) is 12.7. The number of hydrogen-bond donors (Lipinski definition) is 1. The van der Waals surface area contributed by atoms with Gasteiger partial charge in [0.2, 0.25) is 0 Å². The first kappa shape index (κ1) is 15.2. The van der Waals surface area contributed by atoms with Gasteiger partial charge in [-0.15, -0.1) is 0 Å². The summed E-state index contributed by atoms with van der Waals surface area (Å²) >= 11 is 0. The lowest BCUT2D eigenvalue weighted by atomic mass is 9.90. The molecule has 0 radical (unpaired) electrons. The first-order valence-corrected chi connectivity index (χ1v) is 7.42. The van der Waals surface area contributed by atoms with E-state index in [0.29, 0.717) is 6.04 Å². The van der Waals surface area contributed by atoms with Gasteiger partial charge in [-0.3, -0.25) is 0 Å². The van der Waals surface area contributed by atoms with Gasteiger partial charge in [0.15, 0.2) is 0 Å². The molecule has 18 heavy (non-hydrogen) atoms. The van der Waals surface area contributed by atoms with Crippen LogP contribution in [0, 0.1) is 19.8 Å². The summed E-state index contributed by atoms with van der Waals surface area (Å²) in [6.07, 6.45) is 3.82. The van der Waals surface area contributed by atoms with E-state index in [-0.39, 0.29) is 0 Å². The first-order chi connectivity index (χ1) is 8.60. The van der Waals surface area contributed by atoms with Crippen LogP contribution in [0.4, 0.5) is 0 Å².